The van der Waals surface area contributed by atoms with Gasteiger partial charge < -0.3 is 15.4 Å². The lowest BCUT2D eigenvalue weighted by Gasteiger charge is -2.25. The van der Waals surface area contributed by atoms with Crippen LogP contribution in [-0.2, 0) is 7.05 Å². The lowest BCUT2D eigenvalue weighted by atomic mass is 9.96. The molecule has 0 spiro atoms. The summed E-state index contributed by atoms with van der Waals surface area (Å²) >= 11 is 0. The molecule has 4 nitrogen and oxygen atoms in total. The molecule has 0 amide bonds. The third kappa shape index (κ3) is 1.65. The maximum atomic E-state index is 9.74. The van der Waals surface area contributed by atoms with Crippen molar-refractivity contribution in [1.82, 2.24) is 9.55 Å². The van der Waals surface area contributed by atoms with Crippen molar-refractivity contribution < 1.29 is 5.11 Å². The van der Waals surface area contributed by atoms with E-state index >= 15 is 0 Å². The highest BCUT2D eigenvalue weighted by atomic mass is 16.3. The van der Waals surface area contributed by atoms with Crippen molar-refractivity contribution >= 4 is 0 Å². The lowest BCUT2D eigenvalue weighted by Crippen LogP contribution is -2.39. The van der Waals surface area contributed by atoms with Gasteiger partial charge in [0.1, 0.15) is 6.10 Å². The normalized spacial score (nSPS) is 14.8. The summed E-state index contributed by atoms with van der Waals surface area (Å²) in [5, 5.41) is 9.74. The highest BCUT2D eigenvalue weighted by Gasteiger charge is 2.26. The molecular formula is C8H15N3O. The van der Waals surface area contributed by atoms with Crippen molar-refractivity contribution in [3.63, 3.8) is 0 Å². The van der Waals surface area contributed by atoms with Gasteiger partial charge in [-0.25, -0.2) is 4.98 Å². The Morgan fingerprint density at radius 2 is 2.25 bits per heavy atom. The van der Waals surface area contributed by atoms with Crippen molar-refractivity contribution in [3.8, 4) is 0 Å². The minimum absolute atomic E-state index is 0.631. The van der Waals surface area contributed by atoms with Crippen LogP contribution in [0.3, 0.4) is 0 Å². The quantitative estimate of drug-likeness (QED) is 0.664. The van der Waals surface area contributed by atoms with Crippen molar-refractivity contribution in [2.75, 3.05) is 0 Å². The van der Waals surface area contributed by atoms with Crippen molar-refractivity contribution in [1.29, 1.82) is 0 Å². The summed E-state index contributed by atoms with van der Waals surface area (Å²) in [4.78, 5) is 3.90. The third-order valence-corrected chi connectivity index (χ3v) is 1.84. The molecule has 0 aromatic carbocycles. The molecule has 0 fully saturated rings. The van der Waals surface area contributed by atoms with E-state index in [4.69, 9.17) is 5.73 Å². The number of rotatable bonds is 2. The minimum Gasteiger partial charge on any atom is -0.385 e. The van der Waals surface area contributed by atoms with Gasteiger partial charge in [0, 0.05) is 12.6 Å². The molecule has 0 bridgehead atoms. The molecule has 1 unspecified atom stereocenters. The second-order valence-electron chi connectivity index (χ2n) is 3.65. The Bertz CT molecular complexity index is 262. The number of hydrogen-bond donors (Lipinski definition) is 2. The first-order valence-corrected chi connectivity index (χ1v) is 3.86. The number of nitrogens with two attached hydrogens (primary N) is 1. The van der Waals surface area contributed by atoms with E-state index in [0.717, 1.165) is 5.69 Å². The maximum absolute atomic E-state index is 9.74. The highest BCUT2D eigenvalue weighted by molar-refractivity contribution is 5.07. The van der Waals surface area contributed by atoms with Gasteiger partial charge in [-0.3, -0.25) is 0 Å². The van der Waals surface area contributed by atoms with Gasteiger partial charge in [0.15, 0.2) is 0 Å². The number of hydrogen-bond acceptors (Lipinski definition) is 3. The largest absolute Gasteiger partial charge is 0.385 e. The average molecular weight is 169 g/mol. The van der Waals surface area contributed by atoms with Gasteiger partial charge in [0.25, 0.3) is 0 Å². The summed E-state index contributed by atoms with van der Waals surface area (Å²) in [6.07, 6.45) is 2.59. The molecule has 0 saturated carbocycles. The first-order chi connectivity index (χ1) is 5.43. The van der Waals surface area contributed by atoms with E-state index in [1.54, 1.807) is 30.9 Å². The van der Waals surface area contributed by atoms with Gasteiger partial charge in [0.05, 0.1) is 18.2 Å². The van der Waals surface area contributed by atoms with E-state index in [1.807, 2.05) is 7.05 Å². The molecule has 0 aliphatic rings. The van der Waals surface area contributed by atoms with Crippen LogP contribution >= 0.6 is 0 Å². The summed E-state index contributed by atoms with van der Waals surface area (Å²) in [5.74, 6) is 0. The number of aliphatic hydroxyl groups excluding tert-OH is 1. The maximum Gasteiger partial charge on any atom is 0.113 e. The minimum atomic E-state index is -0.676. The molecule has 1 aromatic heterocycles. The van der Waals surface area contributed by atoms with E-state index in [1.165, 1.54) is 0 Å². The lowest BCUT2D eigenvalue weighted by molar-refractivity contribution is 0.0976. The van der Waals surface area contributed by atoms with Crippen LogP contribution in [0.25, 0.3) is 0 Å². The summed E-state index contributed by atoms with van der Waals surface area (Å²) in [6, 6.07) is 0. The Kier molecular flexibility index (Phi) is 2.21. The zero-order chi connectivity index (χ0) is 9.35. The van der Waals surface area contributed by atoms with Crippen LogP contribution in [0, 0.1) is 0 Å². The van der Waals surface area contributed by atoms with Crippen LogP contribution in [0.2, 0.25) is 0 Å². The number of aryl methyl sites for hydroxylation is 1. The first-order valence-electron chi connectivity index (χ1n) is 3.86. The van der Waals surface area contributed by atoms with Crippen LogP contribution in [0.1, 0.15) is 25.6 Å². The van der Waals surface area contributed by atoms with Gasteiger partial charge in [-0.15, -0.1) is 0 Å². The summed E-state index contributed by atoms with van der Waals surface area (Å²) in [6.45, 7) is 3.56. The van der Waals surface area contributed by atoms with E-state index in [-0.39, 0.29) is 0 Å². The van der Waals surface area contributed by atoms with Crippen LogP contribution in [-0.4, -0.2) is 20.2 Å². The zero-order valence-electron chi connectivity index (χ0n) is 7.65. The molecule has 0 aliphatic carbocycles. The molecule has 3 N–H and O–H groups in total. The molecule has 0 aliphatic heterocycles. The van der Waals surface area contributed by atoms with Gasteiger partial charge in [-0.1, -0.05) is 0 Å². The molecule has 1 atom stereocenters. The Labute approximate surface area is 72.0 Å². The second kappa shape index (κ2) is 2.88. The fourth-order valence-electron chi connectivity index (χ4n) is 1.01. The van der Waals surface area contributed by atoms with Gasteiger partial charge in [-0.2, -0.15) is 0 Å². The Hall–Kier alpha value is -0.870. The predicted molar refractivity (Wildman–Crippen MR) is 46.4 cm³/mol. The third-order valence-electron chi connectivity index (χ3n) is 1.84. The number of imidazole rings is 1. The summed E-state index contributed by atoms with van der Waals surface area (Å²) < 4.78 is 1.76. The van der Waals surface area contributed by atoms with E-state index < -0.39 is 11.6 Å². The fourth-order valence-corrected chi connectivity index (χ4v) is 1.01. The smallest absolute Gasteiger partial charge is 0.113 e. The second-order valence-corrected chi connectivity index (χ2v) is 3.65. The molecule has 4 heteroatoms. The SMILES string of the molecule is Cn1cncc1C(O)C(C)(C)N. The first kappa shape index (κ1) is 9.22. The van der Waals surface area contributed by atoms with Gasteiger partial charge in [0.2, 0.25) is 0 Å². The summed E-state index contributed by atoms with van der Waals surface area (Å²) in [5.41, 5.74) is 5.86. The highest BCUT2D eigenvalue weighted by Crippen LogP contribution is 2.21. The van der Waals surface area contributed by atoms with Crippen molar-refractivity contribution in [2.24, 2.45) is 12.8 Å². The number of aromatic nitrogens is 2. The Morgan fingerprint density at radius 1 is 1.67 bits per heavy atom. The van der Waals surface area contributed by atoms with Gasteiger partial charge >= 0.3 is 0 Å². The van der Waals surface area contributed by atoms with Gasteiger partial charge in [-0.05, 0) is 13.8 Å². The van der Waals surface area contributed by atoms with E-state index in [0.29, 0.717) is 0 Å². The molecule has 12 heavy (non-hydrogen) atoms. The zero-order valence-corrected chi connectivity index (χ0v) is 7.65. The Balaban J connectivity index is 2.92. The van der Waals surface area contributed by atoms with E-state index in [2.05, 4.69) is 4.98 Å². The van der Waals surface area contributed by atoms with Crippen LogP contribution in [0.5, 0.6) is 0 Å². The Morgan fingerprint density at radius 3 is 2.58 bits per heavy atom. The standard InChI is InChI=1S/C8H15N3O/c1-8(2,9)7(12)6-4-10-5-11(6)3/h4-5,7,12H,9H2,1-3H3. The summed E-state index contributed by atoms with van der Waals surface area (Å²) in [7, 11) is 1.83. The molecule has 0 saturated heterocycles. The van der Waals surface area contributed by atoms with Crippen LogP contribution < -0.4 is 5.73 Å². The predicted octanol–water partition coefficient (Wildman–Crippen LogP) is 0.191. The molecule has 1 rings (SSSR count). The molecule has 1 heterocycles. The van der Waals surface area contributed by atoms with Crippen molar-refractivity contribution in [3.05, 3.63) is 18.2 Å². The molecule has 68 valence electrons. The van der Waals surface area contributed by atoms with Crippen molar-refractivity contribution in [2.45, 2.75) is 25.5 Å². The molecule has 1 aromatic rings. The van der Waals surface area contributed by atoms with E-state index in [9.17, 15) is 5.11 Å². The molecule has 0 radical (unpaired) electrons. The average Bonchev–Trinajstić information content (AvgIpc) is 2.31. The topological polar surface area (TPSA) is 64.1 Å². The monoisotopic (exact) mass is 169 g/mol. The molecular weight excluding hydrogens is 154 g/mol. The van der Waals surface area contributed by atoms with Crippen LogP contribution in [0.15, 0.2) is 12.5 Å². The fraction of sp³-hybridized carbons (Fsp3) is 0.625. The van der Waals surface area contributed by atoms with Crippen LogP contribution in [0.4, 0.5) is 0 Å². The number of nitrogens with zero attached hydrogens (tertiary/aromatic N) is 2. The number of aliphatic hydroxyl groups is 1.